The van der Waals surface area contributed by atoms with Crippen molar-refractivity contribution in [2.45, 2.75) is 0 Å². The van der Waals surface area contributed by atoms with Gasteiger partial charge in [-0.3, -0.25) is 9.59 Å². The molecule has 2 nitrogen and oxygen atoms in total. The van der Waals surface area contributed by atoms with Crippen LogP contribution in [-0.2, 0) is 0 Å². The lowest BCUT2D eigenvalue weighted by Crippen LogP contribution is -2.10. The smallest absolute Gasteiger partial charge is 0.194 e. The predicted octanol–water partition coefficient (Wildman–Crippen LogP) is 7.41. The van der Waals surface area contributed by atoms with E-state index in [0.717, 1.165) is 16.7 Å². The second-order valence-electron chi connectivity index (χ2n) is 7.80. The fraction of sp³-hybridized carbons (Fsp3) is 0. The number of carbonyl (C=O) groups is 2. The third kappa shape index (κ3) is 3.97. The van der Waals surface area contributed by atoms with Crippen LogP contribution in [0.3, 0.4) is 0 Å². The largest absolute Gasteiger partial charge is 0.289 e. The normalized spacial score (nSPS) is 13.8. The minimum atomic E-state index is -0.179. The van der Waals surface area contributed by atoms with Gasteiger partial charge in [0.15, 0.2) is 11.6 Å². The van der Waals surface area contributed by atoms with Crippen molar-refractivity contribution in [2.24, 2.45) is 0 Å². The van der Waals surface area contributed by atoms with E-state index in [9.17, 15) is 9.59 Å². The molecule has 0 saturated heterocycles. The molecule has 0 spiro atoms. The molecule has 1 aliphatic carbocycles. The average Bonchev–Trinajstić information content (AvgIpc) is 3.24. The minimum absolute atomic E-state index is 0.117. The van der Waals surface area contributed by atoms with Crippen LogP contribution in [0.5, 0.6) is 0 Å². The van der Waals surface area contributed by atoms with Crippen molar-refractivity contribution >= 4 is 40.4 Å². The van der Waals surface area contributed by atoms with Crippen LogP contribution in [-0.4, -0.2) is 11.6 Å². The molecular formula is C30H19ClO2. The Hall–Kier alpha value is -4.01. The fourth-order valence-electron chi connectivity index (χ4n) is 4.18. The molecule has 0 amide bonds. The molecule has 5 rings (SSSR count). The second-order valence-corrected chi connectivity index (χ2v) is 8.23. The molecule has 0 N–H and O–H groups in total. The Morgan fingerprint density at radius 1 is 0.606 bits per heavy atom. The van der Waals surface area contributed by atoms with Crippen molar-refractivity contribution in [3.63, 3.8) is 0 Å². The first-order valence-corrected chi connectivity index (χ1v) is 11.0. The van der Waals surface area contributed by atoms with Gasteiger partial charge in [-0.15, -0.1) is 0 Å². The Bertz CT molecular complexity index is 1430. The van der Waals surface area contributed by atoms with Crippen LogP contribution < -0.4 is 0 Å². The molecule has 1 aliphatic rings. The van der Waals surface area contributed by atoms with Crippen molar-refractivity contribution in [3.05, 3.63) is 148 Å². The highest BCUT2D eigenvalue weighted by molar-refractivity contribution is 6.41. The lowest BCUT2D eigenvalue weighted by molar-refractivity contribution is 0.104. The van der Waals surface area contributed by atoms with Gasteiger partial charge < -0.3 is 0 Å². The summed E-state index contributed by atoms with van der Waals surface area (Å²) in [5.41, 5.74) is 5.23. The van der Waals surface area contributed by atoms with Crippen LogP contribution in [0, 0.1) is 0 Å². The average molecular weight is 447 g/mol. The maximum atomic E-state index is 13.9. The lowest BCUT2D eigenvalue weighted by atomic mass is 9.85. The van der Waals surface area contributed by atoms with Crippen molar-refractivity contribution in [1.82, 2.24) is 0 Å². The predicted molar refractivity (Wildman–Crippen MR) is 134 cm³/mol. The van der Waals surface area contributed by atoms with Gasteiger partial charge in [0.05, 0.1) is 0 Å². The molecule has 0 fully saturated rings. The van der Waals surface area contributed by atoms with Gasteiger partial charge in [-0.05, 0) is 34.9 Å². The molecule has 0 heterocycles. The van der Waals surface area contributed by atoms with Crippen molar-refractivity contribution in [2.75, 3.05) is 0 Å². The topological polar surface area (TPSA) is 34.1 Å². The summed E-state index contributed by atoms with van der Waals surface area (Å²) >= 11 is 6.21. The van der Waals surface area contributed by atoms with Gasteiger partial charge in [0.1, 0.15) is 0 Å². The maximum Gasteiger partial charge on any atom is 0.194 e. The fourth-order valence-corrected chi connectivity index (χ4v) is 4.37. The van der Waals surface area contributed by atoms with Crippen LogP contribution >= 0.6 is 11.6 Å². The van der Waals surface area contributed by atoms with E-state index in [2.05, 4.69) is 0 Å². The van der Waals surface area contributed by atoms with Crippen molar-refractivity contribution in [1.29, 1.82) is 0 Å². The van der Waals surface area contributed by atoms with Gasteiger partial charge in [-0.25, -0.2) is 0 Å². The molecule has 0 aromatic heterocycles. The van der Waals surface area contributed by atoms with Crippen LogP contribution in [0.1, 0.15) is 37.4 Å². The van der Waals surface area contributed by atoms with Gasteiger partial charge in [0, 0.05) is 32.9 Å². The summed E-state index contributed by atoms with van der Waals surface area (Å²) < 4.78 is 0. The van der Waals surface area contributed by atoms with E-state index in [0.29, 0.717) is 32.9 Å². The van der Waals surface area contributed by atoms with E-state index < -0.39 is 0 Å². The van der Waals surface area contributed by atoms with Gasteiger partial charge in [0.2, 0.25) is 0 Å². The summed E-state index contributed by atoms with van der Waals surface area (Å²) in [5.74, 6) is -0.295. The maximum absolute atomic E-state index is 13.9. The van der Waals surface area contributed by atoms with Gasteiger partial charge in [0.25, 0.3) is 0 Å². The summed E-state index contributed by atoms with van der Waals surface area (Å²) in [4.78, 5) is 27.6. The van der Waals surface area contributed by atoms with Gasteiger partial charge >= 0.3 is 0 Å². The molecule has 0 saturated carbocycles. The molecule has 158 valence electrons. The van der Waals surface area contributed by atoms with Crippen LogP contribution in [0.4, 0.5) is 0 Å². The van der Waals surface area contributed by atoms with Crippen LogP contribution in [0.2, 0.25) is 5.02 Å². The number of rotatable bonds is 5. The lowest BCUT2D eigenvalue weighted by Gasteiger charge is -2.16. The number of allylic oxidation sites excluding steroid dienone is 3. The Morgan fingerprint density at radius 3 is 1.91 bits per heavy atom. The molecule has 4 aromatic carbocycles. The van der Waals surface area contributed by atoms with Crippen LogP contribution in [0.25, 0.3) is 17.2 Å². The Labute approximate surface area is 197 Å². The molecular weight excluding hydrogens is 428 g/mol. The molecule has 0 unspecified atom stereocenters. The Balaban J connectivity index is 1.80. The van der Waals surface area contributed by atoms with Crippen molar-refractivity contribution in [3.8, 4) is 0 Å². The highest BCUT2D eigenvalue weighted by Gasteiger charge is 2.31. The highest BCUT2D eigenvalue weighted by atomic mass is 35.5. The second kappa shape index (κ2) is 8.85. The molecule has 0 radical (unpaired) electrons. The zero-order valence-corrected chi connectivity index (χ0v) is 18.4. The first kappa shape index (κ1) is 20.9. The van der Waals surface area contributed by atoms with Crippen LogP contribution in [0.15, 0.2) is 115 Å². The summed E-state index contributed by atoms with van der Waals surface area (Å²) in [6.45, 7) is 0. The van der Waals surface area contributed by atoms with E-state index in [1.54, 1.807) is 36.4 Å². The molecule has 0 bridgehead atoms. The first-order chi connectivity index (χ1) is 16.1. The van der Waals surface area contributed by atoms with Gasteiger partial charge in [-0.1, -0.05) is 109 Å². The number of hydrogen-bond donors (Lipinski definition) is 0. The third-order valence-electron chi connectivity index (χ3n) is 5.71. The summed E-state index contributed by atoms with van der Waals surface area (Å²) in [6, 6.07) is 33.3. The Kier molecular flexibility index (Phi) is 5.60. The quantitative estimate of drug-likeness (QED) is 0.236. The zero-order valence-electron chi connectivity index (χ0n) is 17.7. The van der Waals surface area contributed by atoms with Crippen molar-refractivity contribution < 1.29 is 9.59 Å². The van der Waals surface area contributed by atoms with E-state index in [4.69, 9.17) is 11.6 Å². The standard InChI is InChI=1S/C30H19ClO2/c31-24-16-9-15-23(18-24)30(33)27(20-10-3-1-4-11-20)28-25-17-8-7-14-22(25)19-26(28)29(32)21-12-5-2-6-13-21/h1-19H/b28-27+. The monoisotopic (exact) mass is 446 g/mol. The summed E-state index contributed by atoms with van der Waals surface area (Å²) in [7, 11) is 0. The van der Waals surface area contributed by atoms with E-state index in [1.807, 2.05) is 78.9 Å². The number of Topliss-reactive ketones (excluding diaryl/α,β-unsaturated/α-hetero) is 2. The highest BCUT2D eigenvalue weighted by Crippen LogP contribution is 2.43. The molecule has 0 atom stereocenters. The van der Waals surface area contributed by atoms with E-state index in [-0.39, 0.29) is 11.6 Å². The summed E-state index contributed by atoms with van der Waals surface area (Å²) in [5, 5.41) is 0.487. The molecule has 33 heavy (non-hydrogen) atoms. The minimum Gasteiger partial charge on any atom is -0.289 e. The number of hydrogen-bond acceptors (Lipinski definition) is 2. The SMILES string of the molecule is O=C(C1=Cc2ccccc2/C1=C(\C(=O)c1cccc(Cl)c1)c1ccccc1)c1ccccc1. The molecule has 3 heteroatoms. The Morgan fingerprint density at radius 2 is 1.21 bits per heavy atom. The number of benzene rings is 4. The molecule has 4 aromatic rings. The number of carbonyl (C=O) groups excluding carboxylic acids is 2. The first-order valence-electron chi connectivity index (χ1n) is 10.6. The van der Waals surface area contributed by atoms with E-state index >= 15 is 0 Å². The number of ketones is 2. The van der Waals surface area contributed by atoms with Gasteiger partial charge in [-0.2, -0.15) is 0 Å². The summed E-state index contributed by atoms with van der Waals surface area (Å²) in [6.07, 6.45) is 1.88. The zero-order chi connectivity index (χ0) is 22.8. The van der Waals surface area contributed by atoms with E-state index in [1.165, 1.54) is 0 Å². The number of halogens is 1. The number of fused-ring (bicyclic) bond motifs is 1. The molecule has 0 aliphatic heterocycles. The third-order valence-corrected chi connectivity index (χ3v) is 5.94.